The maximum Gasteiger partial charge on any atom is 0.242 e. The van der Waals surface area contributed by atoms with Gasteiger partial charge in [0.05, 0.1) is 11.8 Å². The van der Waals surface area contributed by atoms with Crippen LogP contribution in [0, 0.1) is 11.2 Å². The van der Waals surface area contributed by atoms with Gasteiger partial charge in [0.1, 0.15) is 10.7 Å². The maximum atomic E-state index is 13.3. The highest BCUT2D eigenvalue weighted by Gasteiger charge is 2.49. The van der Waals surface area contributed by atoms with Crippen molar-refractivity contribution in [2.24, 2.45) is 5.41 Å². The highest BCUT2D eigenvalue weighted by atomic mass is 32.2. The summed E-state index contributed by atoms with van der Waals surface area (Å²) in [5.74, 6) is -0.768. The SMILES string of the molecule is CC1(C)C(O)CC1NS(=O)(=O)c1cccc(F)c1N. The van der Waals surface area contributed by atoms with E-state index < -0.39 is 39.1 Å². The Morgan fingerprint density at radius 3 is 2.63 bits per heavy atom. The molecule has 19 heavy (non-hydrogen) atoms. The number of benzene rings is 1. The molecule has 4 N–H and O–H groups in total. The van der Waals surface area contributed by atoms with Crippen LogP contribution in [0.3, 0.4) is 0 Å². The Labute approximate surface area is 111 Å². The number of hydrogen-bond acceptors (Lipinski definition) is 4. The van der Waals surface area contributed by atoms with Crippen LogP contribution in [0.15, 0.2) is 23.1 Å². The summed E-state index contributed by atoms with van der Waals surface area (Å²) in [5.41, 5.74) is 4.51. The normalized spacial score (nSPS) is 25.9. The summed E-state index contributed by atoms with van der Waals surface area (Å²) in [5, 5.41) is 9.59. The number of hydrogen-bond donors (Lipinski definition) is 3. The molecule has 2 atom stereocenters. The Morgan fingerprint density at radius 1 is 1.47 bits per heavy atom. The predicted octanol–water partition coefficient (Wildman–Crippen LogP) is 0.846. The van der Waals surface area contributed by atoms with Crippen molar-refractivity contribution in [3.05, 3.63) is 24.0 Å². The summed E-state index contributed by atoms with van der Waals surface area (Å²) in [4.78, 5) is -0.273. The average Bonchev–Trinajstić information content (AvgIpc) is 2.32. The van der Waals surface area contributed by atoms with Crippen molar-refractivity contribution in [3.8, 4) is 0 Å². The zero-order chi connectivity index (χ0) is 14.4. The number of aliphatic hydroxyl groups excluding tert-OH is 1. The number of halogens is 1. The first-order valence-corrected chi connectivity index (χ1v) is 7.39. The van der Waals surface area contributed by atoms with E-state index in [9.17, 15) is 17.9 Å². The molecule has 0 aliphatic heterocycles. The molecule has 106 valence electrons. The van der Waals surface area contributed by atoms with E-state index in [1.807, 2.05) is 0 Å². The first kappa shape index (κ1) is 14.2. The van der Waals surface area contributed by atoms with Crippen molar-refractivity contribution in [3.63, 3.8) is 0 Å². The van der Waals surface area contributed by atoms with Gasteiger partial charge in [0, 0.05) is 11.5 Å². The highest BCUT2D eigenvalue weighted by Crippen LogP contribution is 2.41. The molecule has 0 spiro atoms. The minimum atomic E-state index is -3.89. The summed E-state index contributed by atoms with van der Waals surface area (Å²) in [6.07, 6.45) is -0.216. The lowest BCUT2D eigenvalue weighted by molar-refractivity contribution is -0.0645. The van der Waals surface area contributed by atoms with Crippen molar-refractivity contribution in [2.45, 2.75) is 37.3 Å². The third-order valence-corrected chi connectivity index (χ3v) is 5.35. The van der Waals surface area contributed by atoms with Crippen LogP contribution in [0.25, 0.3) is 0 Å². The third-order valence-electron chi connectivity index (χ3n) is 3.82. The number of anilines is 1. The lowest BCUT2D eigenvalue weighted by atomic mass is 9.65. The van der Waals surface area contributed by atoms with Crippen molar-refractivity contribution in [1.29, 1.82) is 0 Å². The van der Waals surface area contributed by atoms with Gasteiger partial charge in [-0.2, -0.15) is 0 Å². The standard InChI is InChI=1S/C12H17FN2O3S/c1-12(2)9(6-10(12)16)15-19(17,18)8-5-3-4-7(13)11(8)14/h3-5,9-10,15-16H,6,14H2,1-2H3. The molecule has 1 aliphatic rings. The summed E-state index contributed by atoms with van der Waals surface area (Å²) >= 11 is 0. The van der Waals surface area contributed by atoms with Gasteiger partial charge in [-0.1, -0.05) is 19.9 Å². The van der Waals surface area contributed by atoms with E-state index in [1.54, 1.807) is 13.8 Å². The molecule has 1 saturated carbocycles. The number of nitrogens with two attached hydrogens (primary N) is 1. The molecular weight excluding hydrogens is 271 g/mol. The molecule has 0 heterocycles. The van der Waals surface area contributed by atoms with Gasteiger partial charge in [-0.25, -0.2) is 17.5 Å². The van der Waals surface area contributed by atoms with Crippen molar-refractivity contribution in [2.75, 3.05) is 5.73 Å². The van der Waals surface area contributed by atoms with E-state index in [0.29, 0.717) is 6.42 Å². The van der Waals surface area contributed by atoms with Crippen molar-refractivity contribution < 1.29 is 17.9 Å². The molecule has 2 rings (SSSR count). The topological polar surface area (TPSA) is 92.4 Å². The molecule has 5 nitrogen and oxygen atoms in total. The predicted molar refractivity (Wildman–Crippen MR) is 69.3 cm³/mol. The number of rotatable bonds is 3. The zero-order valence-electron chi connectivity index (χ0n) is 10.7. The molecule has 1 aliphatic carbocycles. The molecule has 0 radical (unpaired) electrons. The second kappa shape index (κ2) is 4.43. The molecule has 0 amide bonds. The monoisotopic (exact) mass is 288 g/mol. The lowest BCUT2D eigenvalue weighted by Gasteiger charge is -2.49. The van der Waals surface area contributed by atoms with Gasteiger partial charge in [-0.15, -0.1) is 0 Å². The van der Waals surface area contributed by atoms with Gasteiger partial charge in [0.2, 0.25) is 10.0 Å². The molecule has 0 aromatic heterocycles. The number of nitrogen functional groups attached to an aromatic ring is 1. The fraction of sp³-hybridized carbons (Fsp3) is 0.500. The van der Waals surface area contributed by atoms with Gasteiger partial charge in [0.15, 0.2) is 0 Å². The Kier molecular flexibility index (Phi) is 3.32. The van der Waals surface area contributed by atoms with Crippen molar-refractivity contribution >= 4 is 15.7 Å². The Bertz CT molecular complexity index is 601. The number of aliphatic hydroxyl groups is 1. The first-order chi connectivity index (χ1) is 8.66. The van der Waals surface area contributed by atoms with E-state index in [0.717, 1.165) is 6.07 Å². The van der Waals surface area contributed by atoms with Crippen LogP contribution in [0.5, 0.6) is 0 Å². The second-order valence-corrected chi connectivity index (χ2v) is 7.08. The third kappa shape index (κ3) is 2.33. The molecule has 1 fully saturated rings. The van der Waals surface area contributed by atoms with E-state index >= 15 is 0 Å². The highest BCUT2D eigenvalue weighted by molar-refractivity contribution is 7.89. The zero-order valence-corrected chi connectivity index (χ0v) is 11.5. The lowest BCUT2D eigenvalue weighted by Crippen LogP contribution is -2.61. The quantitative estimate of drug-likeness (QED) is 0.719. The van der Waals surface area contributed by atoms with Gasteiger partial charge >= 0.3 is 0 Å². The summed E-state index contributed by atoms with van der Waals surface area (Å²) in [6.45, 7) is 3.53. The average molecular weight is 288 g/mol. The van der Waals surface area contributed by atoms with Gasteiger partial charge < -0.3 is 10.8 Å². The van der Waals surface area contributed by atoms with Crippen molar-refractivity contribution in [1.82, 2.24) is 4.72 Å². The maximum absolute atomic E-state index is 13.3. The fourth-order valence-electron chi connectivity index (χ4n) is 2.10. The van der Waals surface area contributed by atoms with Gasteiger partial charge in [0.25, 0.3) is 0 Å². The second-order valence-electron chi connectivity index (χ2n) is 5.40. The molecule has 1 aromatic carbocycles. The summed E-state index contributed by atoms with van der Waals surface area (Å²) in [7, 11) is -3.89. The molecule has 0 bridgehead atoms. The Balaban J connectivity index is 2.27. The van der Waals surface area contributed by atoms with Crippen LogP contribution in [-0.4, -0.2) is 25.7 Å². The number of nitrogens with one attached hydrogen (secondary N) is 1. The molecule has 7 heteroatoms. The Morgan fingerprint density at radius 2 is 2.11 bits per heavy atom. The Hall–Kier alpha value is -1.18. The van der Waals surface area contributed by atoms with Gasteiger partial charge in [-0.3, -0.25) is 0 Å². The van der Waals surface area contributed by atoms with Crippen LogP contribution < -0.4 is 10.5 Å². The van der Waals surface area contributed by atoms with Crippen LogP contribution in [0.2, 0.25) is 0 Å². The fourth-order valence-corrected chi connectivity index (χ4v) is 3.65. The van der Waals surface area contributed by atoms with Crippen LogP contribution in [0.1, 0.15) is 20.3 Å². The molecular formula is C12H17FN2O3S. The smallest absolute Gasteiger partial charge is 0.242 e. The summed E-state index contributed by atoms with van der Waals surface area (Å²) < 4.78 is 40.1. The van der Waals surface area contributed by atoms with E-state index in [1.165, 1.54) is 12.1 Å². The largest absolute Gasteiger partial charge is 0.395 e. The molecule has 2 unspecified atom stereocenters. The van der Waals surface area contributed by atoms with E-state index in [-0.39, 0.29) is 4.90 Å². The molecule has 1 aromatic rings. The minimum Gasteiger partial charge on any atom is -0.395 e. The number of para-hydroxylation sites is 1. The minimum absolute atomic E-state index is 0.273. The molecule has 0 saturated heterocycles. The van der Waals surface area contributed by atoms with Crippen LogP contribution >= 0.6 is 0 Å². The van der Waals surface area contributed by atoms with Gasteiger partial charge in [-0.05, 0) is 18.6 Å². The van der Waals surface area contributed by atoms with Crippen LogP contribution in [-0.2, 0) is 10.0 Å². The van der Waals surface area contributed by atoms with E-state index in [4.69, 9.17) is 5.73 Å². The van der Waals surface area contributed by atoms with Crippen LogP contribution in [0.4, 0.5) is 10.1 Å². The summed E-state index contributed by atoms with van der Waals surface area (Å²) in [6, 6.07) is 3.25. The van der Waals surface area contributed by atoms with E-state index in [2.05, 4.69) is 4.72 Å². The first-order valence-electron chi connectivity index (χ1n) is 5.90. The number of sulfonamides is 1.